The van der Waals surface area contributed by atoms with Crippen LogP contribution in [0.1, 0.15) is 13.8 Å². The number of nitrogens with zero attached hydrogens (tertiary/aromatic N) is 2. The highest BCUT2D eigenvalue weighted by atomic mass is 19.1. The molecule has 2 rings (SSSR count). The molecule has 0 N–H and O–H groups in total. The SMILES string of the molecule is C=CC(C)N1C(=O)C(C(C)=O)C(=O)N(c2ccc(F)cc2)C1=O. The largest absolute Gasteiger partial charge is 0.338 e. The Bertz CT molecular complexity index is 699. The lowest BCUT2D eigenvalue weighted by molar-refractivity contribution is -0.146. The second kappa shape index (κ2) is 6.12. The molecule has 2 atom stereocenters. The predicted octanol–water partition coefficient (Wildman–Crippen LogP) is 1.90. The monoisotopic (exact) mass is 318 g/mol. The van der Waals surface area contributed by atoms with Crippen LogP contribution >= 0.6 is 0 Å². The number of Topliss-reactive ketones (excluding diaryl/α,β-unsaturated/α-hetero) is 1. The van der Waals surface area contributed by atoms with Gasteiger partial charge in [-0.3, -0.25) is 19.3 Å². The van der Waals surface area contributed by atoms with Gasteiger partial charge in [-0.15, -0.1) is 6.58 Å². The van der Waals surface area contributed by atoms with Gasteiger partial charge >= 0.3 is 6.03 Å². The zero-order valence-electron chi connectivity index (χ0n) is 12.7. The molecule has 1 heterocycles. The quantitative estimate of drug-likeness (QED) is 0.628. The minimum absolute atomic E-state index is 0.0846. The van der Waals surface area contributed by atoms with E-state index in [4.69, 9.17) is 0 Å². The molecular formula is C16H15FN2O4. The van der Waals surface area contributed by atoms with Gasteiger partial charge in [-0.2, -0.15) is 0 Å². The van der Waals surface area contributed by atoms with Gasteiger partial charge in [-0.1, -0.05) is 6.08 Å². The van der Waals surface area contributed by atoms with Crippen LogP contribution in [-0.2, 0) is 14.4 Å². The highest BCUT2D eigenvalue weighted by Gasteiger charge is 2.49. The third kappa shape index (κ3) is 2.77. The summed E-state index contributed by atoms with van der Waals surface area (Å²) >= 11 is 0. The Morgan fingerprint density at radius 3 is 2.26 bits per heavy atom. The standard InChI is InChI=1S/C16H15FN2O4/c1-4-9(2)18-14(21)13(10(3)20)15(22)19(16(18)23)12-7-5-11(17)6-8-12/h4-9,13H,1H2,2-3H3. The summed E-state index contributed by atoms with van der Waals surface area (Å²) in [5, 5.41) is 0. The van der Waals surface area contributed by atoms with Crippen LogP contribution in [0.2, 0.25) is 0 Å². The number of barbiturate groups is 1. The predicted molar refractivity (Wildman–Crippen MR) is 80.0 cm³/mol. The van der Waals surface area contributed by atoms with Gasteiger partial charge in [0.2, 0.25) is 0 Å². The Hall–Kier alpha value is -2.83. The molecule has 7 heteroatoms. The molecule has 1 aromatic carbocycles. The zero-order chi connectivity index (χ0) is 17.3. The lowest BCUT2D eigenvalue weighted by Gasteiger charge is -2.38. The van der Waals surface area contributed by atoms with Crippen molar-refractivity contribution in [2.75, 3.05) is 4.90 Å². The minimum Gasteiger partial charge on any atom is -0.299 e. The van der Waals surface area contributed by atoms with Gasteiger partial charge in [0, 0.05) is 0 Å². The summed E-state index contributed by atoms with van der Waals surface area (Å²) in [7, 11) is 0. The molecule has 6 nitrogen and oxygen atoms in total. The van der Waals surface area contributed by atoms with Gasteiger partial charge in [0.1, 0.15) is 5.82 Å². The van der Waals surface area contributed by atoms with Crippen molar-refractivity contribution in [3.05, 3.63) is 42.7 Å². The number of hydrogen-bond donors (Lipinski definition) is 0. The van der Waals surface area contributed by atoms with Crippen LogP contribution < -0.4 is 4.90 Å². The first-order valence-corrected chi connectivity index (χ1v) is 6.89. The number of carbonyl (C=O) groups is 4. The molecule has 23 heavy (non-hydrogen) atoms. The summed E-state index contributed by atoms with van der Waals surface area (Å²) < 4.78 is 13.1. The van der Waals surface area contributed by atoms with Crippen molar-refractivity contribution in [2.45, 2.75) is 19.9 Å². The first-order chi connectivity index (χ1) is 10.8. The Morgan fingerprint density at radius 1 is 1.22 bits per heavy atom. The number of halogens is 1. The van der Waals surface area contributed by atoms with E-state index in [0.717, 1.165) is 24.0 Å². The summed E-state index contributed by atoms with van der Waals surface area (Å²) in [5.41, 5.74) is 0.0846. The third-order valence-electron chi connectivity index (χ3n) is 3.59. The molecule has 0 aromatic heterocycles. The molecule has 0 aliphatic carbocycles. The molecule has 120 valence electrons. The molecular weight excluding hydrogens is 303 g/mol. The molecule has 0 radical (unpaired) electrons. The van der Waals surface area contributed by atoms with Crippen LogP contribution in [0.15, 0.2) is 36.9 Å². The molecule has 1 saturated heterocycles. The lowest BCUT2D eigenvalue weighted by Crippen LogP contribution is -2.63. The normalized spacial score (nSPS) is 19.8. The van der Waals surface area contributed by atoms with Crippen LogP contribution in [0.3, 0.4) is 0 Å². The Kier molecular flexibility index (Phi) is 4.40. The number of rotatable bonds is 4. The highest BCUT2D eigenvalue weighted by molar-refractivity contribution is 6.34. The van der Waals surface area contributed by atoms with Crippen molar-refractivity contribution in [2.24, 2.45) is 5.92 Å². The lowest BCUT2D eigenvalue weighted by atomic mass is 9.97. The zero-order valence-corrected chi connectivity index (χ0v) is 12.7. The van der Waals surface area contributed by atoms with Gasteiger partial charge in [-0.05, 0) is 38.1 Å². The second-order valence-corrected chi connectivity index (χ2v) is 5.16. The maximum atomic E-state index is 13.1. The minimum atomic E-state index is -1.60. The van der Waals surface area contributed by atoms with E-state index in [-0.39, 0.29) is 5.69 Å². The number of urea groups is 1. The molecule has 1 aliphatic heterocycles. The van der Waals surface area contributed by atoms with Crippen molar-refractivity contribution in [1.82, 2.24) is 4.90 Å². The molecule has 0 bridgehead atoms. The summed E-state index contributed by atoms with van der Waals surface area (Å²) in [6, 6.07) is 3.03. The number of anilines is 1. The van der Waals surface area contributed by atoms with Crippen LogP contribution in [0.25, 0.3) is 0 Å². The van der Waals surface area contributed by atoms with Gasteiger partial charge in [0.25, 0.3) is 11.8 Å². The van der Waals surface area contributed by atoms with Crippen LogP contribution in [0.5, 0.6) is 0 Å². The number of carbonyl (C=O) groups excluding carboxylic acids is 4. The molecule has 0 saturated carbocycles. The fourth-order valence-corrected chi connectivity index (χ4v) is 2.33. The maximum Gasteiger partial charge on any atom is 0.338 e. The first kappa shape index (κ1) is 16.5. The van der Waals surface area contributed by atoms with E-state index in [9.17, 15) is 23.6 Å². The van der Waals surface area contributed by atoms with Crippen LogP contribution in [0.4, 0.5) is 14.9 Å². The second-order valence-electron chi connectivity index (χ2n) is 5.16. The third-order valence-corrected chi connectivity index (χ3v) is 3.59. The first-order valence-electron chi connectivity index (χ1n) is 6.89. The molecule has 1 fully saturated rings. The van der Waals surface area contributed by atoms with E-state index in [1.807, 2.05) is 0 Å². The number of benzene rings is 1. The summed E-state index contributed by atoms with van der Waals surface area (Å²) in [4.78, 5) is 50.6. The highest BCUT2D eigenvalue weighted by Crippen LogP contribution is 2.27. The topological polar surface area (TPSA) is 74.8 Å². The number of imide groups is 2. The number of ketones is 1. The molecule has 2 unspecified atom stereocenters. The summed E-state index contributed by atoms with van der Waals surface area (Å²) in [6.07, 6.45) is 1.35. The maximum absolute atomic E-state index is 13.1. The summed E-state index contributed by atoms with van der Waals surface area (Å²) in [6.45, 7) is 6.17. The van der Waals surface area contributed by atoms with Crippen LogP contribution in [0, 0.1) is 11.7 Å². The van der Waals surface area contributed by atoms with Crippen molar-refractivity contribution < 1.29 is 23.6 Å². The van der Waals surface area contributed by atoms with Gasteiger partial charge < -0.3 is 0 Å². The molecule has 1 aliphatic rings. The van der Waals surface area contributed by atoms with Gasteiger partial charge in [0.15, 0.2) is 11.7 Å². The van der Waals surface area contributed by atoms with E-state index in [0.29, 0.717) is 4.90 Å². The summed E-state index contributed by atoms with van der Waals surface area (Å²) in [5.74, 6) is -4.62. The molecule has 4 amide bonds. The molecule has 0 spiro atoms. The van der Waals surface area contributed by atoms with Crippen molar-refractivity contribution in [3.8, 4) is 0 Å². The van der Waals surface area contributed by atoms with Crippen molar-refractivity contribution >= 4 is 29.3 Å². The van der Waals surface area contributed by atoms with E-state index >= 15 is 0 Å². The van der Waals surface area contributed by atoms with Crippen LogP contribution in [-0.4, -0.2) is 34.6 Å². The number of hydrogen-bond acceptors (Lipinski definition) is 4. The fourth-order valence-electron chi connectivity index (χ4n) is 2.33. The van der Waals surface area contributed by atoms with Gasteiger partial charge in [-0.25, -0.2) is 14.1 Å². The fraction of sp³-hybridized carbons (Fsp3) is 0.250. The Labute approximate surface area is 132 Å². The van der Waals surface area contributed by atoms with Crippen molar-refractivity contribution in [1.29, 1.82) is 0 Å². The molecule has 1 aromatic rings. The Balaban J connectivity index is 2.55. The average Bonchev–Trinajstić information content (AvgIpc) is 2.48. The van der Waals surface area contributed by atoms with E-state index < -0.39 is 41.4 Å². The van der Waals surface area contributed by atoms with E-state index in [2.05, 4.69) is 6.58 Å². The van der Waals surface area contributed by atoms with Gasteiger partial charge in [0.05, 0.1) is 11.7 Å². The Morgan fingerprint density at radius 2 is 1.78 bits per heavy atom. The van der Waals surface area contributed by atoms with Crippen molar-refractivity contribution in [3.63, 3.8) is 0 Å². The van der Waals surface area contributed by atoms with E-state index in [1.54, 1.807) is 6.92 Å². The van der Waals surface area contributed by atoms with E-state index in [1.165, 1.54) is 18.2 Å². The smallest absolute Gasteiger partial charge is 0.299 e. The average molecular weight is 318 g/mol. The number of amides is 4.